The van der Waals surface area contributed by atoms with Gasteiger partial charge < -0.3 is 25.1 Å². The number of unbranched alkanes of at least 4 members (excludes halogenated alkanes) is 1. The third kappa shape index (κ3) is 7.79. The van der Waals surface area contributed by atoms with Gasteiger partial charge in [-0.3, -0.25) is 9.78 Å². The normalized spacial score (nSPS) is 13.9. The quantitative estimate of drug-likeness (QED) is 0.495. The lowest BCUT2D eigenvalue weighted by molar-refractivity contribution is -0.122. The van der Waals surface area contributed by atoms with Crippen molar-refractivity contribution in [1.82, 2.24) is 15.2 Å². The molecular formula is C20H28N4O4. The molecule has 3 rings (SSSR count). The summed E-state index contributed by atoms with van der Waals surface area (Å²) in [7, 11) is 0. The number of pyridine rings is 1. The second-order valence-corrected chi connectivity index (χ2v) is 6.51. The molecule has 1 saturated heterocycles. The Bertz CT molecular complexity index is 683. The van der Waals surface area contributed by atoms with Crippen molar-refractivity contribution in [3.05, 3.63) is 36.7 Å². The molecule has 0 unspecified atom stereocenters. The summed E-state index contributed by atoms with van der Waals surface area (Å²) in [4.78, 5) is 27.1. The fourth-order valence-corrected chi connectivity index (χ4v) is 3.06. The maximum absolute atomic E-state index is 11.9. The van der Waals surface area contributed by atoms with Crippen molar-refractivity contribution >= 4 is 18.2 Å². The molecular weight excluding hydrogens is 360 g/mol. The molecule has 3 N–H and O–H groups in total. The van der Waals surface area contributed by atoms with Gasteiger partial charge in [0, 0.05) is 6.54 Å². The van der Waals surface area contributed by atoms with Gasteiger partial charge in [-0.15, -0.1) is 0 Å². The van der Waals surface area contributed by atoms with Gasteiger partial charge in [-0.2, -0.15) is 0 Å². The van der Waals surface area contributed by atoms with Crippen molar-refractivity contribution < 1.29 is 19.1 Å². The summed E-state index contributed by atoms with van der Waals surface area (Å²) in [5.41, 5.74) is 1.41. The Kier molecular flexibility index (Phi) is 9.57. The third-order valence-electron chi connectivity index (χ3n) is 4.43. The summed E-state index contributed by atoms with van der Waals surface area (Å²) in [5.74, 6) is 0.713. The molecule has 2 aromatic rings. The number of hydrogen-bond donors (Lipinski definition) is 3. The Labute approximate surface area is 164 Å². The van der Waals surface area contributed by atoms with Crippen molar-refractivity contribution in [1.29, 1.82) is 0 Å². The van der Waals surface area contributed by atoms with Crippen molar-refractivity contribution in [3.8, 4) is 11.5 Å². The van der Waals surface area contributed by atoms with E-state index in [4.69, 9.17) is 14.3 Å². The summed E-state index contributed by atoms with van der Waals surface area (Å²) in [6, 6.07) is 7.13. The van der Waals surface area contributed by atoms with Gasteiger partial charge in [-0.1, -0.05) is 6.42 Å². The molecule has 0 bridgehead atoms. The number of carbonyl (C=O) groups excluding carboxylic acids is 1. The zero-order chi connectivity index (χ0) is 20.0. The Morgan fingerprint density at radius 3 is 2.64 bits per heavy atom. The van der Waals surface area contributed by atoms with E-state index in [0.29, 0.717) is 18.0 Å². The van der Waals surface area contributed by atoms with Crippen LogP contribution in [0.15, 0.2) is 41.1 Å². The number of piperidine rings is 1. The number of nitrogens with one attached hydrogen (secondary N) is 2. The van der Waals surface area contributed by atoms with E-state index in [9.17, 15) is 4.79 Å². The van der Waals surface area contributed by atoms with Crippen LogP contribution in [-0.2, 0) is 4.79 Å². The van der Waals surface area contributed by atoms with Crippen LogP contribution in [0.25, 0.3) is 11.5 Å². The first kappa shape index (κ1) is 21.4. The second-order valence-electron chi connectivity index (χ2n) is 6.51. The number of likely N-dealkylation sites (tertiary alicyclic amines) is 1. The first-order valence-corrected chi connectivity index (χ1v) is 9.58. The van der Waals surface area contributed by atoms with Gasteiger partial charge in [-0.05, 0) is 69.6 Å². The highest BCUT2D eigenvalue weighted by molar-refractivity contribution is 5.89. The molecule has 2 aromatic heterocycles. The monoisotopic (exact) mass is 388 g/mol. The van der Waals surface area contributed by atoms with Crippen LogP contribution in [0.1, 0.15) is 32.1 Å². The Balaban J connectivity index is 0.000000878. The average Bonchev–Trinajstić information content (AvgIpc) is 3.25. The van der Waals surface area contributed by atoms with E-state index in [1.54, 1.807) is 12.5 Å². The van der Waals surface area contributed by atoms with Crippen LogP contribution in [0.5, 0.6) is 0 Å². The molecule has 1 fully saturated rings. The van der Waals surface area contributed by atoms with Crippen molar-refractivity contribution in [2.75, 3.05) is 31.5 Å². The van der Waals surface area contributed by atoms with Gasteiger partial charge in [0.1, 0.15) is 5.69 Å². The number of hydrogen-bond acceptors (Lipinski definition) is 5. The predicted molar refractivity (Wildman–Crippen MR) is 107 cm³/mol. The molecule has 28 heavy (non-hydrogen) atoms. The standard InChI is InChI=1S/C19H26N4O2.CH2O2/c24-19(20-10-2-5-13-23-11-3-1-4-12-23)22-16-8-9-17(21-15-16)18-7-6-14-25-18;2-1-3/h6-9,14-15H,1-5,10-13H2,(H2,20,22,24);1H,(H,2,3). The maximum atomic E-state index is 11.9. The van der Waals surface area contributed by atoms with E-state index < -0.39 is 0 Å². The smallest absolute Gasteiger partial charge is 0.319 e. The topological polar surface area (TPSA) is 108 Å². The van der Waals surface area contributed by atoms with Crippen molar-refractivity contribution in [3.63, 3.8) is 0 Å². The number of carbonyl (C=O) groups is 2. The Morgan fingerprint density at radius 1 is 1.21 bits per heavy atom. The predicted octanol–water partition coefficient (Wildman–Crippen LogP) is 3.43. The second kappa shape index (κ2) is 12.5. The molecule has 8 nitrogen and oxygen atoms in total. The van der Waals surface area contributed by atoms with Gasteiger partial charge in [0.2, 0.25) is 0 Å². The number of rotatable bonds is 7. The van der Waals surface area contributed by atoms with Crippen molar-refractivity contribution in [2.24, 2.45) is 0 Å². The zero-order valence-electron chi connectivity index (χ0n) is 16.0. The van der Waals surface area contributed by atoms with Gasteiger partial charge in [-0.25, -0.2) is 4.79 Å². The van der Waals surface area contributed by atoms with E-state index in [-0.39, 0.29) is 12.5 Å². The lowest BCUT2D eigenvalue weighted by Crippen LogP contribution is -2.32. The van der Waals surface area contributed by atoms with Crippen LogP contribution in [0.4, 0.5) is 10.5 Å². The molecule has 1 aliphatic heterocycles. The van der Waals surface area contributed by atoms with E-state index in [2.05, 4.69) is 20.5 Å². The molecule has 0 aliphatic carbocycles. The minimum atomic E-state index is -0.250. The van der Waals surface area contributed by atoms with Gasteiger partial charge in [0.25, 0.3) is 6.47 Å². The van der Waals surface area contributed by atoms with E-state index in [0.717, 1.165) is 25.1 Å². The number of furan rings is 1. The summed E-state index contributed by atoms with van der Waals surface area (Å²) >= 11 is 0. The fourth-order valence-electron chi connectivity index (χ4n) is 3.06. The molecule has 0 aromatic carbocycles. The average molecular weight is 388 g/mol. The highest BCUT2D eigenvalue weighted by Crippen LogP contribution is 2.18. The van der Waals surface area contributed by atoms with Gasteiger partial charge >= 0.3 is 6.03 Å². The zero-order valence-corrected chi connectivity index (χ0v) is 16.0. The molecule has 1 aliphatic rings. The molecule has 8 heteroatoms. The number of urea groups is 1. The molecule has 3 heterocycles. The first-order chi connectivity index (χ1) is 13.7. The number of carboxylic acid groups (broad SMARTS) is 1. The van der Waals surface area contributed by atoms with Crippen LogP contribution < -0.4 is 10.6 Å². The molecule has 0 saturated carbocycles. The van der Waals surface area contributed by atoms with Crippen LogP contribution in [0.3, 0.4) is 0 Å². The minimum absolute atomic E-state index is 0.189. The number of aromatic nitrogens is 1. The highest BCUT2D eigenvalue weighted by atomic mass is 16.3. The summed E-state index contributed by atoms with van der Waals surface area (Å²) in [6.07, 6.45) is 9.39. The molecule has 0 spiro atoms. The molecule has 0 radical (unpaired) electrons. The lowest BCUT2D eigenvalue weighted by Gasteiger charge is -2.26. The van der Waals surface area contributed by atoms with E-state index in [1.165, 1.54) is 32.4 Å². The first-order valence-electron chi connectivity index (χ1n) is 9.58. The van der Waals surface area contributed by atoms with Crippen LogP contribution in [0, 0.1) is 0 Å². The third-order valence-corrected chi connectivity index (χ3v) is 4.43. The molecule has 152 valence electrons. The number of anilines is 1. The van der Waals surface area contributed by atoms with Crippen LogP contribution in [0.2, 0.25) is 0 Å². The largest absolute Gasteiger partial charge is 0.483 e. The van der Waals surface area contributed by atoms with E-state index >= 15 is 0 Å². The van der Waals surface area contributed by atoms with Crippen LogP contribution >= 0.6 is 0 Å². The lowest BCUT2D eigenvalue weighted by atomic mass is 10.1. The van der Waals surface area contributed by atoms with Gasteiger partial charge in [0.15, 0.2) is 5.76 Å². The Hall–Kier alpha value is -2.87. The molecule has 2 amide bonds. The number of amides is 2. The van der Waals surface area contributed by atoms with Crippen LogP contribution in [-0.4, -0.2) is 53.7 Å². The SMILES string of the molecule is O=C(NCCCCN1CCCCC1)Nc1ccc(-c2ccco2)nc1.O=CO. The Morgan fingerprint density at radius 2 is 2.00 bits per heavy atom. The van der Waals surface area contributed by atoms with Gasteiger partial charge in [0.05, 0.1) is 18.1 Å². The maximum Gasteiger partial charge on any atom is 0.319 e. The summed E-state index contributed by atoms with van der Waals surface area (Å²) in [6.45, 7) is 4.04. The van der Waals surface area contributed by atoms with E-state index in [1.807, 2.05) is 24.3 Å². The fraction of sp³-hybridized carbons (Fsp3) is 0.450. The summed E-state index contributed by atoms with van der Waals surface area (Å²) in [5, 5.41) is 12.6. The summed E-state index contributed by atoms with van der Waals surface area (Å²) < 4.78 is 5.29. The number of nitrogens with zero attached hydrogens (tertiary/aromatic N) is 2. The molecule has 0 atom stereocenters. The van der Waals surface area contributed by atoms with Crippen molar-refractivity contribution in [2.45, 2.75) is 32.1 Å². The highest BCUT2D eigenvalue weighted by Gasteiger charge is 2.09. The minimum Gasteiger partial charge on any atom is -0.483 e.